The smallest absolute Gasteiger partial charge is 0.267 e. The number of hydrogen-bond donors (Lipinski definition) is 3. The van der Waals surface area contributed by atoms with Gasteiger partial charge < -0.3 is 10.4 Å². The molecule has 274 valence electrons. The largest absolute Gasteiger partial charge is 0.387 e. The minimum Gasteiger partial charge on any atom is -0.387 e. The van der Waals surface area contributed by atoms with Crippen molar-refractivity contribution in [3.05, 3.63) is 12.2 Å². The van der Waals surface area contributed by atoms with Crippen molar-refractivity contribution < 1.29 is 22.9 Å². The lowest BCUT2D eigenvalue weighted by atomic mass is 10.0. The highest BCUT2D eigenvalue weighted by molar-refractivity contribution is 7.85. The van der Waals surface area contributed by atoms with Crippen LogP contribution in [-0.4, -0.2) is 41.9 Å². The van der Waals surface area contributed by atoms with Crippen LogP contribution in [0.15, 0.2) is 12.2 Å². The van der Waals surface area contributed by atoms with Crippen molar-refractivity contribution in [3.63, 3.8) is 0 Å². The summed E-state index contributed by atoms with van der Waals surface area (Å²) in [6.45, 7) is 4.52. The molecule has 0 saturated heterocycles. The predicted molar refractivity (Wildman–Crippen MR) is 198 cm³/mol. The molecule has 3 N–H and O–H groups in total. The number of nitrogens with one attached hydrogen (secondary N) is 1. The fourth-order valence-corrected chi connectivity index (χ4v) is 6.95. The molecular weight excluding hydrogens is 594 g/mol. The van der Waals surface area contributed by atoms with E-state index in [9.17, 15) is 22.9 Å². The summed E-state index contributed by atoms with van der Waals surface area (Å²) in [4.78, 5) is 12.5. The van der Waals surface area contributed by atoms with Gasteiger partial charge in [0.15, 0.2) is 0 Å². The second-order valence-corrected chi connectivity index (χ2v) is 15.4. The molecule has 2 unspecified atom stereocenters. The molecular formula is C39H77NO5S. The number of aliphatic hydroxyl groups excluding tert-OH is 1. The molecule has 7 heteroatoms. The normalized spacial score (nSPS) is 13.4. The van der Waals surface area contributed by atoms with E-state index >= 15 is 0 Å². The number of carbonyl (C=O) groups is 1. The summed E-state index contributed by atoms with van der Waals surface area (Å²) in [5.41, 5.74) is 0. The van der Waals surface area contributed by atoms with E-state index in [0.29, 0.717) is 6.42 Å². The molecule has 0 heterocycles. The first kappa shape index (κ1) is 45.1. The molecule has 0 fully saturated rings. The van der Waals surface area contributed by atoms with Crippen molar-refractivity contribution in [1.82, 2.24) is 5.32 Å². The minimum atomic E-state index is -4.33. The first-order chi connectivity index (χ1) is 22.3. The summed E-state index contributed by atoms with van der Waals surface area (Å²) in [5.74, 6) is -0.968. The molecule has 46 heavy (non-hydrogen) atoms. The maximum atomic E-state index is 12.5. The molecule has 0 saturated carbocycles. The number of amides is 1. The van der Waals surface area contributed by atoms with Crippen LogP contribution in [-0.2, 0) is 14.9 Å². The zero-order valence-corrected chi connectivity index (χ0v) is 31.3. The van der Waals surface area contributed by atoms with Crippen LogP contribution in [0.2, 0.25) is 0 Å². The third kappa shape index (κ3) is 34.4. The highest BCUT2D eigenvalue weighted by atomic mass is 32.2. The van der Waals surface area contributed by atoms with E-state index in [1.807, 2.05) is 6.08 Å². The first-order valence-electron chi connectivity index (χ1n) is 19.9. The Labute approximate surface area is 286 Å². The molecule has 0 aromatic heterocycles. The van der Waals surface area contributed by atoms with Crippen molar-refractivity contribution in [2.24, 2.45) is 0 Å². The van der Waals surface area contributed by atoms with Crippen LogP contribution in [0.3, 0.4) is 0 Å². The van der Waals surface area contributed by atoms with Crippen molar-refractivity contribution in [2.75, 3.05) is 5.75 Å². The maximum Gasteiger partial charge on any atom is 0.267 e. The number of rotatable bonds is 36. The third-order valence-corrected chi connectivity index (χ3v) is 9.99. The highest BCUT2D eigenvalue weighted by Crippen LogP contribution is 2.15. The number of unbranched alkanes of at least 4 members (excludes halogenated alkanes) is 28. The summed E-state index contributed by atoms with van der Waals surface area (Å²) in [7, 11) is -4.33. The average molecular weight is 672 g/mol. The second-order valence-electron chi connectivity index (χ2n) is 13.9. The Hall–Kier alpha value is -0.920. The summed E-state index contributed by atoms with van der Waals surface area (Å²) in [6, 6.07) is -1.05. The highest BCUT2D eigenvalue weighted by Gasteiger charge is 2.24. The SMILES string of the molecule is CCCCCCCCCCCCCCC/C=C/C(O)C(CS(=O)(=O)O)NC(=O)CCCCCCCCCCCCCCCCCC. The van der Waals surface area contributed by atoms with Gasteiger partial charge in [0.1, 0.15) is 0 Å². The second kappa shape index (κ2) is 34.0. The van der Waals surface area contributed by atoms with Crippen LogP contribution in [0, 0.1) is 0 Å². The van der Waals surface area contributed by atoms with E-state index in [2.05, 4.69) is 19.2 Å². The quantitative estimate of drug-likeness (QED) is 0.0349. The van der Waals surface area contributed by atoms with Gasteiger partial charge in [-0.2, -0.15) is 8.42 Å². The lowest BCUT2D eigenvalue weighted by molar-refractivity contribution is -0.122. The van der Waals surface area contributed by atoms with Gasteiger partial charge in [-0.25, -0.2) is 0 Å². The van der Waals surface area contributed by atoms with E-state index in [1.54, 1.807) is 6.08 Å². The fraction of sp³-hybridized carbons (Fsp3) is 0.923. The molecule has 0 rings (SSSR count). The standard InChI is InChI=1S/C39H77NO5S/c1-3-5-7-9-11-13-15-17-19-21-23-25-27-29-31-33-35-39(42)40-37(36-46(43,44)45)38(41)34-32-30-28-26-24-22-20-18-16-14-12-10-8-6-4-2/h32,34,37-38,41H,3-31,33,35-36H2,1-2H3,(H,40,42)(H,43,44,45)/b34-32+. The van der Waals surface area contributed by atoms with E-state index in [1.165, 1.54) is 154 Å². The summed E-state index contributed by atoms with van der Waals surface area (Å²) in [5, 5.41) is 13.2. The van der Waals surface area contributed by atoms with Crippen LogP contribution >= 0.6 is 0 Å². The molecule has 0 aromatic carbocycles. The van der Waals surface area contributed by atoms with Crippen molar-refractivity contribution in [2.45, 2.75) is 225 Å². The van der Waals surface area contributed by atoms with Crippen molar-refractivity contribution in [3.8, 4) is 0 Å². The van der Waals surface area contributed by atoms with Gasteiger partial charge in [-0.1, -0.05) is 199 Å². The Kier molecular flexibility index (Phi) is 33.3. The zero-order chi connectivity index (χ0) is 34.0. The average Bonchev–Trinajstić information content (AvgIpc) is 3.01. The fourth-order valence-electron chi connectivity index (χ4n) is 6.21. The van der Waals surface area contributed by atoms with Gasteiger partial charge in [0, 0.05) is 6.42 Å². The number of allylic oxidation sites excluding steroid dienone is 1. The van der Waals surface area contributed by atoms with Gasteiger partial charge in [0.25, 0.3) is 10.1 Å². The molecule has 0 aromatic rings. The van der Waals surface area contributed by atoms with Gasteiger partial charge in [0.05, 0.1) is 17.9 Å². The monoisotopic (exact) mass is 672 g/mol. The zero-order valence-electron chi connectivity index (χ0n) is 30.5. The first-order valence-corrected chi connectivity index (χ1v) is 21.5. The minimum absolute atomic E-state index is 0.275. The summed E-state index contributed by atoms with van der Waals surface area (Å²) < 4.78 is 32.4. The van der Waals surface area contributed by atoms with E-state index < -0.39 is 28.0 Å². The van der Waals surface area contributed by atoms with Gasteiger partial charge in [-0.3, -0.25) is 9.35 Å². The molecule has 0 spiro atoms. The summed E-state index contributed by atoms with van der Waals surface area (Å²) >= 11 is 0. The lowest BCUT2D eigenvalue weighted by Crippen LogP contribution is -2.46. The van der Waals surface area contributed by atoms with Crippen molar-refractivity contribution >= 4 is 16.0 Å². The Bertz CT molecular complexity index is 785. The van der Waals surface area contributed by atoms with Crippen LogP contribution in [0.25, 0.3) is 0 Å². The summed E-state index contributed by atoms with van der Waals surface area (Å²) in [6.07, 6.45) is 40.5. The molecule has 1 amide bonds. The molecule has 0 aliphatic heterocycles. The van der Waals surface area contributed by atoms with E-state index in [-0.39, 0.29) is 5.91 Å². The topological polar surface area (TPSA) is 104 Å². The Morgan fingerprint density at radius 1 is 0.565 bits per heavy atom. The number of aliphatic hydroxyl groups is 1. The van der Waals surface area contributed by atoms with Gasteiger partial charge in [0.2, 0.25) is 5.91 Å². The Balaban J connectivity index is 3.91. The van der Waals surface area contributed by atoms with Crippen LogP contribution in [0.5, 0.6) is 0 Å². The maximum absolute atomic E-state index is 12.5. The lowest BCUT2D eigenvalue weighted by Gasteiger charge is -2.21. The van der Waals surface area contributed by atoms with Crippen LogP contribution in [0.1, 0.15) is 213 Å². The Morgan fingerprint density at radius 3 is 1.24 bits per heavy atom. The molecule has 0 radical (unpaired) electrons. The molecule has 0 bridgehead atoms. The molecule has 6 nitrogen and oxygen atoms in total. The van der Waals surface area contributed by atoms with Crippen molar-refractivity contribution in [1.29, 1.82) is 0 Å². The van der Waals surface area contributed by atoms with Crippen LogP contribution in [0.4, 0.5) is 0 Å². The van der Waals surface area contributed by atoms with Gasteiger partial charge >= 0.3 is 0 Å². The Morgan fingerprint density at radius 2 is 0.891 bits per heavy atom. The van der Waals surface area contributed by atoms with Gasteiger partial charge in [-0.05, 0) is 19.3 Å². The molecule has 0 aliphatic carbocycles. The molecule has 0 aliphatic rings. The third-order valence-electron chi connectivity index (χ3n) is 9.21. The molecule has 2 atom stereocenters. The number of hydrogen-bond acceptors (Lipinski definition) is 4. The van der Waals surface area contributed by atoms with Gasteiger partial charge in [-0.15, -0.1) is 0 Å². The number of carbonyl (C=O) groups excluding carboxylic acids is 1. The van der Waals surface area contributed by atoms with E-state index in [4.69, 9.17) is 0 Å². The van der Waals surface area contributed by atoms with Crippen LogP contribution < -0.4 is 5.32 Å². The predicted octanol–water partition coefficient (Wildman–Crippen LogP) is 11.4. The van der Waals surface area contributed by atoms with E-state index in [0.717, 1.165) is 38.5 Å².